The molecule has 2 aliphatic rings. The summed E-state index contributed by atoms with van der Waals surface area (Å²) in [5, 5.41) is 14.7. The van der Waals surface area contributed by atoms with Crippen molar-refractivity contribution in [3.8, 4) is 0 Å². The third-order valence-electron chi connectivity index (χ3n) is 4.63. The Kier molecular flexibility index (Phi) is 6.01. The number of piperazine rings is 1. The number of halogens is 1. The summed E-state index contributed by atoms with van der Waals surface area (Å²) in [6.45, 7) is 5.79. The molecule has 24 heavy (non-hydrogen) atoms. The highest BCUT2D eigenvalue weighted by molar-refractivity contribution is 5.96. The van der Waals surface area contributed by atoms with E-state index in [2.05, 4.69) is 5.32 Å². The van der Waals surface area contributed by atoms with Crippen LogP contribution < -0.4 is 10.2 Å². The van der Waals surface area contributed by atoms with Crippen LogP contribution >= 0.6 is 12.4 Å². The van der Waals surface area contributed by atoms with Gasteiger partial charge in [-0.3, -0.25) is 14.9 Å². The number of carbonyl (C=O) groups is 1. The zero-order valence-corrected chi connectivity index (χ0v) is 14.6. The smallest absolute Gasteiger partial charge is 0.293 e. The van der Waals surface area contributed by atoms with Crippen LogP contribution in [0.15, 0.2) is 18.2 Å². The summed E-state index contributed by atoms with van der Waals surface area (Å²) in [7, 11) is 0. The van der Waals surface area contributed by atoms with Crippen molar-refractivity contribution in [2.75, 3.05) is 37.6 Å². The van der Waals surface area contributed by atoms with Gasteiger partial charge in [-0.25, -0.2) is 0 Å². The lowest BCUT2D eigenvalue weighted by Crippen LogP contribution is -2.52. The fourth-order valence-corrected chi connectivity index (χ4v) is 3.34. The van der Waals surface area contributed by atoms with Gasteiger partial charge < -0.3 is 15.1 Å². The molecule has 0 spiro atoms. The maximum absolute atomic E-state index is 12.7. The Labute approximate surface area is 147 Å². The van der Waals surface area contributed by atoms with E-state index in [0.717, 1.165) is 39.0 Å². The van der Waals surface area contributed by atoms with Gasteiger partial charge in [-0.1, -0.05) is 0 Å². The van der Waals surface area contributed by atoms with E-state index in [0.29, 0.717) is 17.8 Å². The molecule has 0 unspecified atom stereocenters. The van der Waals surface area contributed by atoms with Gasteiger partial charge in [0.05, 0.1) is 4.92 Å². The van der Waals surface area contributed by atoms with Gasteiger partial charge in [0.25, 0.3) is 11.6 Å². The molecular weight excluding hydrogens is 332 g/mol. The number of amides is 1. The van der Waals surface area contributed by atoms with Crippen molar-refractivity contribution in [1.29, 1.82) is 0 Å². The van der Waals surface area contributed by atoms with Crippen LogP contribution in [0.2, 0.25) is 0 Å². The number of rotatable bonds is 3. The molecule has 2 heterocycles. The van der Waals surface area contributed by atoms with Crippen LogP contribution in [0.5, 0.6) is 0 Å². The third-order valence-corrected chi connectivity index (χ3v) is 4.63. The Morgan fingerprint density at radius 1 is 1.29 bits per heavy atom. The van der Waals surface area contributed by atoms with E-state index in [1.807, 2.05) is 11.8 Å². The maximum Gasteiger partial charge on any atom is 0.293 e. The highest BCUT2D eigenvalue weighted by Gasteiger charge is 2.28. The van der Waals surface area contributed by atoms with Crippen LogP contribution in [0.25, 0.3) is 0 Å². The van der Waals surface area contributed by atoms with E-state index < -0.39 is 0 Å². The van der Waals surface area contributed by atoms with E-state index in [4.69, 9.17) is 0 Å². The van der Waals surface area contributed by atoms with E-state index in [1.54, 1.807) is 17.0 Å². The number of anilines is 1. The van der Waals surface area contributed by atoms with E-state index in [1.165, 1.54) is 6.07 Å². The fourth-order valence-electron chi connectivity index (χ4n) is 3.34. The molecule has 2 fully saturated rings. The molecule has 0 aliphatic carbocycles. The Morgan fingerprint density at radius 3 is 2.62 bits per heavy atom. The lowest BCUT2D eigenvalue weighted by molar-refractivity contribution is -0.384. The molecule has 1 atom stereocenters. The summed E-state index contributed by atoms with van der Waals surface area (Å²) < 4.78 is 0. The van der Waals surface area contributed by atoms with E-state index in [-0.39, 0.29) is 35.0 Å². The number of hydrogen-bond acceptors (Lipinski definition) is 5. The molecule has 1 amide bonds. The lowest BCUT2D eigenvalue weighted by atomic mass is 10.1. The summed E-state index contributed by atoms with van der Waals surface area (Å²) in [6, 6.07) is 4.97. The number of carbonyl (C=O) groups excluding carboxylic acids is 1. The third kappa shape index (κ3) is 3.62. The Morgan fingerprint density at radius 2 is 2.00 bits per heavy atom. The first-order valence-electron chi connectivity index (χ1n) is 8.13. The number of nitrogens with zero attached hydrogens (tertiary/aromatic N) is 3. The Bertz CT molecular complexity index is 619. The van der Waals surface area contributed by atoms with Gasteiger partial charge in [0.15, 0.2) is 0 Å². The van der Waals surface area contributed by atoms with Crippen LogP contribution in [0.4, 0.5) is 11.4 Å². The van der Waals surface area contributed by atoms with Crippen LogP contribution in [-0.2, 0) is 0 Å². The van der Waals surface area contributed by atoms with Crippen LogP contribution in [-0.4, -0.2) is 54.5 Å². The largest absolute Gasteiger partial charge is 0.366 e. The molecule has 1 aromatic rings. The van der Waals surface area contributed by atoms with Gasteiger partial charge >= 0.3 is 0 Å². The van der Waals surface area contributed by atoms with Gasteiger partial charge in [0, 0.05) is 50.4 Å². The van der Waals surface area contributed by atoms with Crippen molar-refractivity contribution >= 4 is 29.7 Å². The standard InChI is InChI=1S/C16H22N4O3.ClH/c1-12-11-17-6-9-19(12)16(21)13-4-5-14(15(10-13)20(22)23)18-7-2-3-8-18;/h4-5,10,12,17H,2-3,6-9,11H2,1H3;1H/t12-;/m0./s1. The number of nitro benzene ring substituents is 1. The average molecular weight is 355 g/mol. The minimum Gasteiger partial charge on any atom is -0.366 e. The predicted molar refractivity (Wildman–Crippen MR) is 95.2 cm³/mol. The Balaban J connectivity index is 0.00000208. The van der Waals surface area contributed by atoms with Gasteiger partial charge in [0.2, 0.25) is 0 Å². The zero-order valence-electron chi connectivity index (χ0n) is 13.7. The zero-order chi connectivity index (χ0) is 16.4. The highest BCUT2D eigenvalue weighted by Crippen LogP contribution is 2.32. The number of nitro groups is 1. The molecule has 0 saturated carbocycles. The monoisotopic (exact) mass is 354 g/mol. The molecular formula is C16H23ClN4O3. The molecule has 2 aliphatic heterocycles. The first kappa shape index (κ1) is 18.5. The molecule has 0 aromatic heterocycles. The number of nitrogens with one attached hydrogen (secondary N) is 1. The van der Waals surface area contributed by atoms with Crippen molar-refractivity contribution in [3.05, 3.63) is 33.9 Å². The van der Waals surface area contributed by atoms with Crippen molar-refractivity contribution in [2.24, 2.45) is 0 Å². The number of hydrogen-bond donors (Lipinski definition) is 1. The van der Waals surface area contributed by atoms with E-state index >= 15 is 0 Å². The molecule has 132 valence electrons. The molecule has 1 N–H and O–H groups in total. The maximum atomic E-state index is 12.7. The van der Waals surface area contributed by atoms with Crippen molar-refractivity contribution in [1.82, 2.24) is 10.2 Å². The van der Waals surface area contributed by atoms with Crippen molar-refractivity contribution < 1.29 is 9.72 Å². The fraction of sp³-hybridized carbons (Fsp3) is 0.562. The van der Waals surface area contributed by atoms with Gasteiger partial charge in [0.1, 0.15) is 5.69 Å². The summed E-state index contributed by atoms with van der Waals surface area (Å²) in [5.74, 6) is -0.130. The molecule has 0 bridgehead atoms. The van der Waals surface area contributed by atoms with Gasteiger partial charge in [-0.05, 0) is 31.9 Å². The highest BCUT2D eigenvalue weighted by atomic mass is 35.5. The summed E-state index contributed by atoms with van der Waals surface area (Å²) in [5.41, 5.74) is 1.05. The minimum atomic E-state index is -0.383. The van der Waals surface area contributed by atoms with Crippen LogP contribution in [0, 0.1) is 10.1 Å². The van der Waals surface area contributed by atoms with Crippen LogP contribution in [0.3, 0.4) is 0 Å². The molecule has 1 aromatic carbocycles. The molecule has 3 rings (SSSR count). The topological polar surface area (TPSA) is 78.7 Å². The Hall–Kier alpha value is -1.86. The average Bonchev–Trinajstić information content (AvgIpc) is 3.08. The summed E-state index contributed by atoms with van der Waals surface area (Å²) in [6.07, 6.45) is 2.10. The SMILES string of the molecule is C[C@H]1CNCCN1C(=O)c1ccc(N2CCCC2)c([N+](=O)[O-])c1.Cl. The normalized spacial score (nSPS) is 20.6. The van der Waals surface area contributed by atoms with Crippen molar-refractivity contribution in [2.45, 2.75) is 25.8 Å². The quantitative estimate of drug-likeness (QED) is 0.664. The molecule has 2 saturated heterocycles. The van der Waals surface area contributed by atoms with E-state index in [9.17, 15) is 14.9 Å². The predicted octanol–water partition coefficient (Wildman–Crippen LogP) is 2.05. The first-order valence-corrected chi connectivity index (χ1v) is 8.13. The minimum absolute atomic E-state index is 0. The van der Waals surface area contributed by atoms with Crippen molar-refractivity contribution in [3.63, 3.8) is 0 Å². The van der Waals surface area contributed by atoms with Crippen LogP contribution in [0.1, 0.15) is 30.1 Å². The van der Waals surface area contributed by atoms with Gasteiger partial charge in [-0.15, -0.1) is 12.4 Å². The lowest BCUT2D eigenvalue weighted by Gasteiger charge is -2.34. The molecule has 8 heteroatoms. The number of benzene rings is 1. The molecule has 7 nitrogen and oxygen atoms in total. The second-order valence-electron chi connectivity index (χ2n) is 6.21. The second kappa shape index (κ2) is 7.81. The summed E-state index contributed by atoms with van der Waals surface area (Å²) in [4.78, 5) is 27.5. The summed E-state index contributed by atoms with van der Waals surface area (Å²) >= 11 is 0. The first-order chi connectivity index (χ1) is 11.1. The second-order valence-corrected chi connectivity index (χ2v) is 6.21. The van der Waals surface area contributed by atoms with Gasteiger partial charge in [-0.2, -0.15) is 0 Å². The molecule has 0 radical (unpaired) electrons.